The van der Waals surface area contributed by atoms with Crippen molar-refractivity contribution in [3.63, 3.8) is 0 Å². The van der Waals surface area contributed by atoms with Crippen molar-refractivity contribution < 1.29 is 0 Å². The third-order valence-electron chi connectivity index (χ3n) is 3.80. The van der Waals surface area contributed by atoms with Crippen LogP contribution in [0.3, 0.4) is 0 Å². The Morgan fingerprint density at radius 3 is 2.60 bits per heavy atom. The van der Waals surface area contributed by atoms with Gasteiger partial charge in [-0.1, -0.05) is 23.7 Å². The predicted molar refractivity (Wildman–Crippen MR) is 85.8 cm³/mol. The minimum absolute atomic E-state index is 0.165. The van der Waals surface area contributed by atoms with Crippen molar-refractivity contribution in [1.82, 2.24) is 10.3 Å². The van der Waals surface area contributed by atoms with Crippen molar-refractivity contribution in [2.45, 2.75) is 45.7 Å². The van der Waals surface area contributed by atoms with Crippen LogP contribution in [-0.4, -0.2) is 11.0 Å². The van der Waals surface area contributed by atoms with E-state index in [1.54, 1.807) is 11.3 Å². The lowest BCUT2D eigenvalue weighted by Crippen LogP contribution is -2.24. The van der Waals surface area contributed by atoms with Crippen LogP contribution in [0, 0.1) is 20.8 Å². The summed E-state index contributed by atoms with van der Waals surface area (Å²) in [6, 6.07) is 7.12. The molecule has 1 aliphatic carbocycles. The van der Waals surface area contributed by atoms with Gasteiger partial charge in [-0.15, -0.1) is 11.3 Å². The lowest BCUT2D eigenvalue weighted by Gasteiger charge is -2.17. The second-order valence-corrected chi connectivity index (χ2v) is 7.22. The molecule has 0 spiro atoms. The summed E-state index contributed by atoms with van der Waals surface area (Å²) >= 11 is 8.07. The highest BCUT2D eigenvalue weighted by Crippen LogP contribution is 2.33. The minimum Gasteiger partial charge on any atom is -0.301 e. The second-order valence-electron chi connectivity index (χ2n) is 5.58. The van der Waals surface area contributed by atoms with Gasteiger partial charge in [-0.2, -0.15) is 0 Å². The summed E-state index contributed by atoms with van der Waals surface area (Å²) < 4.78 is 0. The van der Waals surface area contributed by atoms with E-state index in [9.17, 15) is 0 Å². The summed E-state index contributed by atoms with van der Waals surface area (Å²) in [5, 5.41) is 5.67. The molecule has 2 aromatic rings. The van der Waals surface area contributed by atoms with Crippen molar-refractivity contribution in [2.24, 2.45) is 0 Å². The van der Waals surface area contributed by atoms with Gasteiger partial charge in [0.1, 0.15) is 5.01 Å². The maximum Gasteiger partial charge on any atom is 0.115 e. The van der Waals surface area contributed by atoms with Gasteiger partial charge < -0.3 is 5.32 Å². The molecule has 0 radical (unpaired) electrons. The first-order chi connectivity index (χ1) is 9.54. The van der Waals surface area contributed by atoms with E-state index in [-0.39, 0.29) is 6.04 Å². The number of nitrogens with one attached hydrogen (secondary N) is 1. The van der Waals surface area contributed by atoms with Crippen molar-refractivity contribution in [3.05, 3.63) is 49.9 Å². The van der Waals surface area contributed by atoms with Gasteiger partial charge in [0, 0.05) is 15.9 Å². The molecule has 1 aromatic heterocycles. The average molecular weight is 307 g/mol. The molecule has 106 valence electrons. The molecule has 1 aromatic carbocycles. The molecule has 1 fully saturated rings. The topological polar surface area (TPSA) is 24.9 Å². The fraction of sp³-hybridized carbons (Fsp3) is 0.438. The monoisotopic (exact) mass is 306 g/mol. The van der Waals surface area contributed by atoms with Gasteiger partial charge in [-0.05, 0) is 50.8 Å². The van der Waals surface area contributed by atoms with E-state index in [0.717, 1.165) is 21.3 Å². The molecule has 1 unspecified atom stereocenters. The van der Waals surface area contributed by atoms with Crippen LogP contribution in [0.1, 0.15) is 45.6 Å². The number of hydrogen-bond acceptors (Lipinski definition) is 3. The van der Waals surface area contributed by atoms with E-state index in [4.69, 9.17) is 16.6 Å². The minimum atomic E-state index is 0.165. The molecule has 1 saturated carbocycles. The molecular weight excluding hydrogens is 288 g/mol. The Hall–Kier alpha value is -0.900. The van der Waals surface area contributed by atoms with E-state index in [1.807, 2.05) is 6.92 Å². The highest BCUT2D eigenvalue weighted by Gasteiger charge is 2.28. The van der Waals surface area contributed by atoms with E-state index >= 15 is 0 Å². The highest BCUT2D eigenvalue weighted by molar-refractivity contribution is 7.11. The molecule has 0 saturated heterocycles. The fourth-order valence-corrected chi connectivity index (χ4v) is 3.41. The van der Waals surface area contributed by atoms with Crippen molar-refractivity contribution >= 4 is 22.9 Å². The zero-order chi connectivity index (χ0) is 14.3. The summed E-state index contributed by atoms with van der Waals surface area (Å²) in [5.74, 6) is 0. The Morgan fingerprint density at radius 1 is 1.30 bits per heavy atom. The molecule has 1 heterocycles. The van der Waals surface area contributed by atoms with Crippen LogP contribution in [-0.2, 0) is 0 Å². The van der Waals surface area contributed by atoms with E-state index in [1.165, 1.54) is 23.3 Å². The SMILES string of the molecule is Cc1ccc(C(NC2CC2)c2nc(C)c(C)s2)cc1Cl. The van der Waals surface area contributed by atoms with E-state index < -0.39 is 0 Å². The van der Waals surface area contributed by atoms with Gasteiger partial charge in [0.05, 0.1) is 11.7 Å². The molecule has 1 aliphatic rings. The third-order valence-corrected chi connectivity index (χ3v) is 5.35. The normalized spacial score (nSPS) is 16.4. The van der Waals surface area contributed by atoms with Crippen molar-refractivity contribution in [1.29, 1.82) is 0 Å². The lowest BCUT2D eigenvalue weighted by atomic mass is 10.1. The molecule has 0 aliphatic heterocycles. The molecule has 0 bridgehead atoms. The first-order valence-corrected chi connectivity index (χ1v) is 8.20. The highest BCUT2D eigenvalue weighted by atomic mass is 35.5. The Labute approximate surface area is 129 Å². The number of benzene rings is 1. The molecule has 4 heteroatoms. The number of rotatable bonds is 4. The number of aromatic nitrogens is 1. The molecule has 3 rings (SSSR count). The molecule has 1 atom stereocenters. The van der Waals surface area contributed by atoms with Crippen LogP contribution in [0.2, 0.25) is 5.02 Å². The summed E-state index contributed by atoms with van der Waals surface area (Å²) in [6.07, 6.45) is 2.53. The van der Waals surface area contributed by atoms with Crippen molar-refractivity contribution in [2.75, 3.05) is 0 Å². The molecular formula is C16H19ClN2S. The average Bonchev–Trinajstić information content (AvgIpc) is 3.17. The first kappa shape index (κ1) is 14.1. The van der Waals surface area contributed by atoms with Gasteiger partial charge in [0.15, 0.2) is 0 Å². The largest absolute Gasteiger partial charge is 0.301 e. The Bertz CT molecular complexity index is 612. The standard InChI is InChI=1S/C16H19ClN2S/c1-9-4-5-12(8-14(9)17)15(19-13-6-7-13)16-18-10(2)11(3)20-16/h4-5,8,13,15,19H,6-7H2,1-3H3. The third kappa shape index (κ3) is 2.90. The van der Waals surface area contributed by atoms with E-state index in [0.29, 0.717) is 6.04 Å². The Morgan fingerprint density at radius 2 is 2.05 bits per heavy atom. The summed E-state index contributed by atoms with van der Waals surface area (Å²) in [5.41, 5.74) is 3.46. The maximum absolute atomic E-state index is 6.29. The van der Waals surface area contributed by atoms with Gasteiger partial charge in [-0.3, -0.25) is 0 Å². The number of halogens is 1. The molecule has 0 amide bonds. The first-order valence-electron chi connectivity index (χ1n) is 7.00. The number of aryl methyl sites for hydroxylation is 3. The summed E-state index contributed by atoms with van der Waals surface area (Å²) in [4.78, 5) is 6.03. The van der Waals surface area contributed by atoms with Crippen LogP contribution in [0.25, 0.3) is 0 Å². The van der Waals surface area contributed by atoms with Crippen LogP contribution >= 0.6 is 22.9 Å². The van der Waals surface area contributed by atoms with Crippen LogP contribution in [0.5, 0.6) is 0 Å². The summed E-state index contributed by atoms with van der Waals surface area (Å²) in [7, 11) is 0. The second kappa shape index (κ2) is 5.47. The Balaban J connectivity index is 1.97. The maximum atomic E-state index is 6.29. The quantitative estimate of drug-likeness (QED) is 0.895. The van der Waals surface area contributed by atoms with Gasteiger partial charge in [0.25, 0.3) is 0 Å². The van der Waals surface area contributed by atoms with Gasteiger partial charge in [0.2, 0.25) is 0 Å². The fourth-order valence-electron chi connectivity index (χ4n) is 2.21. The lowest BCUT2D eigenvalue weighted by molar-refractivity contribution is 0.597. The number of hydrogen-bond donors (Lipinski definition) is 1. The predicted octanol–water partition coefficient (Wildman–Crippen LogP) is 4.56. The number of nitrogens with zero attached hydrogens (tertiary/aromatic N) is 1. The zero-order valence-electron chi connectivity index (χ0n) is 12.0. The smallest absolute Gasteiger partial charge is 0.115 e. The summed E-state index contributed by atoms with van der Waals surface area (Å²) in [6.45, 7) is 6.24. The van der Waals surface area contributed by atoms with Gasteiger partial charge in [-0.25, -0.2) is 4.98 Å². The molecule has 20 heavy (non-hydrogen) atoms. The Kier molecular flexibility index (Phi) is 3.85. The van der Waals surface area contributed by atoms with Gasteiger partial charge >= 0.3 is 0 Å². The zero-order valence-corrected chi connectivity index (χ0v) is 13.6. The number of thiazole rings is 1. The van der Waals surface area contributed by atoms with Crippen LogP contribution in [0.15, 0.2) is 18.2 Å². The van der Waals surface area contributed by atoms with Crippen LogP contribution in [0.4, 0.5) is 0 Å². The van der Waals surface area contributed by atoms with Crippen molar-refractivity contribution in [3.8, 4) is 0 Å². The molecule has 2 nitrogen and oxygen atoms in total. The molecule has 1 N–H and O–H groups in total. The van der Waals surface area contributed by atoms with Crippen LogP contribution < -0.4 is 5.32 Å². The van der Waals surface area contributed by atoms with E-state index in [2.05, 4.69) is 37.4 Å².